The number of epoxide rings is 1. The maximum absolute atomic E-state index is 8.75. The molecule has 2 unspecified atom stereocenters. The highest BCUT2D eigenvalue weighted by Crippen LogP contribution is 2.14. The number of rotatable bonds is 2. The lowest BCUT2D eigenvalue weighted by atomic mass is 10.2. The minimum atomic E-state index is -0.609. The van der Waals surface area contributed by atoms with Crippen molar-refractivity contribution in [2.75, 3.05) is 6.61 Å². The molecule has 0 spiro atoms. The summed E-state index contributed by atoms with van der Waals surface area (Å²) in [6.07, 6.45) is 5.11. The Hall–Kier alpha value is -0.520. The predicted molar refractivity (Wildman–Crippen MR) is 29.2 cm³/mol. The first-order valence-corrected chi connectivity index (χ1v) is 2.58. The van der Waals surface area contributed by atoms with Crippen LogP contribution in [0.25, 0.3) is 0 Å². The van der Waals surface area contributed by atoms with Gasteiger partial charge in [-0.25, -0.2) is 0 Å². The standard InChI is InChI=1S/C6H8O2/c1-2-5(7)3-6-4-8-6/h1,5-7H,3-4H2. The highest BCUT2D eigenvalue weighted by molar-refractivity contribution is 4.95. The summed E-state index contributed by atoms with van der Waals surface area (Å²) < 4.78 is 4.83. The Morgan fingerprint density at radius 3 is 3.00 bits per heavy atom. The molecular weight excluding hydrogens is 104 g/mol. The third-order valence-electron chi connectivity index (χ3n) is 1.08. The van der Waals surface area contributed by atoms with Gasteiger partial charge in [-0.1, -0.05) is 5.92 Å². The van der Waals surface area contributed by atoms with Crippen molar-refractivity contribution in [1.29, 1.82) is 0 Å². The zero-order valence-corrected chi connectivity index (χ0v) is 4.50. The zero-order chi connectivity index (χ0) is 5.98. The SMILES string of the molecule is C#CC(O)CC1CO1. The lowest BCUT2D eigenvalue weighted by Crippen LogP contribution is -2.05. The van der Waals surface area contributed by atoms with E-state index < -0.39 is 6.10 Å². The van der Waals surface area contributed by atoms with E-state index in [1.54, 1.807) is 0 Å². The molecule has 1 aliphatic heterocycles. The molecule has 0 aromatic heterocycles. The van der Waals surface area contributed by atoms with E-state index in [4.69, 9.17) is 16.3 Å². The Morgan fingerprint density at radius 2 is 2.62 bits per heavy atom. The van der Waals surface area contributed by atoms with Gasteiger partial charge in [0.25, 0.3) is 0 Å². The molecule has 1 rings (SSSR count). The zero-order valence-electron chi connectivity index (χ0n) is 4.50. The quantitative estimate of drug-likeness (QED) is 0.395. The van der Waals surface area contributed by atoms with E-state index in [2.05, 4.69) is 5.92 Å². The lowest BCUT2D eigenvalue weighted by molar-refractivity contribution is 0.205. The van der Waals surface area contributed by atoms with Crippen molar-refractivity contribution in [1.82, 2.24) is 0 Å². The van der Waals surface area contributed by atoms with Crippen LogP contribution in [0.4, 0.5) is 0 Å². The number of hydrogen-bond acceptors (Lipinski definition) is 2. The van der Waals surface area contributed by atoms with Gasteiger partial charge in [-0.05, 0) is 0 Å². The van der Waals surface area contributed by atoms with E-state index in [1.807, 2.05) is 0 Å². The average Bonchev–Trinajstić information content (AvgIpc) is 2.50. The Morgan fingerprint density at radius 1 is 2.00 bits per heavy atom. The molecule has 0 aromatic carbocycles. The summed E-state index contributed by atoms with van der Waals surface area (Å²) in [5.74, 6) is 2.21. The Labute approximate surface area is 48.5 Å². The average molecular weight is 112 g/mol. The second kappa shape index (κ2) is 2.17. The monoisotopic (exact) mass is 112 g/mol. The smallest absolute Gasteiger partial charge is 0.117 e. The number of hydrogen-bond donors (Lipinski definition) is 1. The fourth-order valence-corrected chi connectivity index (χ4v) is 0.521. The molecule has 0 radical (unpaired) electrons. The van der Waals surface area contributed by atoms with Gasteiger partial charge in [-0.15, -0.1) is 6.42 Å². The van der Waals surface area contributed by atoms with Crippen LogP contribution in [0.1, 0.15) is 6.42 Å². The molecule has 1 fully saturated rings. The van der Waals surface area contributed by atoms with Crippen molar-refractivity contribution >= 4 is 0 Å². The van der Waals surface area contributed by atoms with Gasteiger partial charge >= 0.3 is 0 Å². The maximum Gasteiger partial charge on any atom is 0.117 e. The molecule has 2 atom stereocenters. The van der Waals surface area contributed by atoms with E-state index in [0.29, 0.717) is 6.42 Å². The summed E-state index contributed by atoms with van der Waals surface area (Å²) in [6.45, 7) is 0.763. The highest BCUT2D eigenvalue weighted by Gasteiger charge is 2.24. The first kappa shape index (κ1) is 5.61. The van der Waals surface area contributed by atoms with Crippen LogP contribution in [-0.4, -0.2) is 23.9 Å². The minimum Gasteiger partial charge on any atom is -0.380 e. The normalized spacial score (nSPS) is 28.8. The molecule has 8 heavy (non-hydrogen) atoms. The molecule has 0 amide bonds. The van der Waals surface area contributed by atoms with Crippen molar-refractivity contribution in [3.63, 3.8) is 0 Å². The fourth-order valence-electron chi connectivity index (χ4n) is 0.521. The summed E-state index contributed by atoms with van der Waals surface area (Å²) >= 11 is 0. The molecule has 0 bridgehead atoms. The first-order valence-electron chi connectivity index (χ1n) is 2.58. The third kappa shape index (κ3) is 1.53. The number of terminal acetylenes is 1. The molecule has 2 nitrogen and oxygen atoms in total. The van der Waals surface area contributed by atoms with Gasteiger partial charge in [-0.3, -0.25) is 0 Å². The molecular formula is C6H8O2. The number of ether oxygens (including phenoxy) is 1. The van der Waals surface area contributed by atoms with Crippen LogP contribution < -0.4 is 0 Å². The molecule has 1 saturated heterocycles. The predicted octanol–water partition coefficient (Wildman–Crippen LogP) is -0.231. The summed E-state index contributed by atoms with van der Waals surface area (Å²) in [5, 5.41) is 8.75. The van der Waals surface area contributed by atoms with Crippen molar-refractivity contribution in [2.24, 2.45) is 0 Å². The van der Waals surface area contributed by atoms with E-state index in [0.717, 1.165) is 6.61 Å². The summed E-state index contributed by atoms with van der Waals surface area (Å²) in [4.78, 5) is 0. The van der Waals surface area contributed by atoms with Gasteiger partial charge < -0.3 is 9.84 Å². The molecule has 44 valence electrons. The summed E-state index contributed by atoms with van der Waals surface area (Å²) in [6, 6.07) is 0. The van der Waals surface area contributed by atoms with Gasteiger partial charge in [0.15, 0.2) is 0 Å². The highest BCUT2D eigenvalue weighted by atomic mass is 16.6. The molecule has 0 saturated carbocycles. The van der Waals surface area contributed by atoms with E-state index in [-0.39, 0.29) is 6.10 Å². The van der Waals surface area contributed by atoms with Gasteiger partial charge in [-0.2, -0.15) is 0 Å². The lowest BCUT2D eigenvalue weighted by Gasteiger charge is -1.95. The fraction of sp³-hybridized carbons (Fsp3) is 0.667. The van der Waals surface area contributed by atoms with Gasteiger partial charge in [0, 0.05) is 6.42 Å². The minimum absolute atomic E-state index is 0.237. The van der Waals surface area contributed by atoms with Crippen LogP contribution in [0.3, 0.4) is 0 Å². The molecule has 1 N–H and O–H groups in total. The summed E-state index contributed by atoms with van der Waals surface area (Å²) in [5.41, 5.74) is 0. The number of aliphatic hydroxyl groups excluding tert-OH is 1. The largest absolute Gasteiger partial charge is 0.380 e. The molecule has 1 heterocycles. The topological polar surface area (TPSA) is 32.8 Å². The van der Waals surface area contributed by atoms with Crippen LogP contribution in [-0.2, 0) is 4.74 Å². The third-order valence-corrected chi connectivity index (χ3v) is 1.08. The first-order chi connectivity index (χ1) is 3.83. The Balaban J connectivity index is 2.09. The van der Waals surface area contributed by atoms with E-state index in [9.17, 15) is 0 Å². The van der Waals surface area contributed by atoms with Crippen LogP contribution in [0.2, 0.25) is 0 Å². The van der Waals surface area contributed by atoms with Crippen molar-refractivity contribution in [2.45, 2.75) is 18.6 Å². The Kier molecular flexibility index (Phi) is 1.52. The molecule has 0 aliphatic carbocycles. The van der Waals surface area contributed by atoms with E-state index >= 15 is 0 Å². The van der Waals surface area contributed by atoms with Gasteiger partial charge in [0.05, 0.1) is 12.7 Å². The van der Waals surface area contributed by atoms with Crippen molar-refractivity contribution in [3.8, 4) is 12.3 Å². The van der Waals surface area contributed by atoms with Crippen LogP contribution in [0.15, 0.2) is 0 Å². The number of aliphatic hydroxyl groups is 1. The van der Waals surface area contributed by atoms with Crippen LogP contribution >= 0.6 is 0 Å². The second-order valence-electron chi connectivity index (χ2n) is 1.87. The van der Waals surface area contributed by atoms with Crippen LogP contribution in [0.5, 0.6) is 0 Å². The Bertz CT molecular complexity index is 110. The van der Waals surface area contributed by atoms with Crippen molar-refractivity contribution < 1.29 is 9.84 Å². The van der Waals surface area contributed by atoms with Gasteiger partial charge in [0.1, 0.15) is 6.10 Å². The molecule has 1 aliphatic rings. The van der Waals surface area contributed by atoms with E-state index in [1.165, 1.54) is 0 Å². The molecule has 0 aromatic rings. The second-order valence-corrected chi connectivity index (χ2v) is 1.87. The summed E-state index contributed by atoms with van der Waals surface area (Å²) in [7, 11) is 0. The maximum atomic E-state index is 8.75. The van der Waals surface area contributed by atoms with Crippen LogP contribution in [0, 0.1) is 12.3 Å². The van der Waals surface area contributed by atoms with Crippen molar-refractivity contribution in [3.05, 3.63) is 0 Å². The van der Waals surface area contributed by atoms with Gasteiger partial charge in [0.2, 0.25) is 0 Å². The molecule has 2 heteroatoms.